The molecule has 256 valence electrons. The number of hydrogen-bond acceptors (Lipinski definition) is 15. The lowest BCUT2D eigenvalue weighted by Gasteiger charge is -2.50. The topological polar surface area (TPSA) is 261 Å². The smallest absolute Gasteiger partial charge is 0.418 e. The summed E-state index contributed by atoms with van der Waals surface area (Å²) in [6.45, 7) is 5.16. The highest BCUT2D eigenvalue weighted by molar-refractivity contribution is 7.80. The van der Waals surface area contributed by atoms with Gasteiger partial charge in [-0.25, -0.2) is 19.3 Å². The van der Waals surface area contributed by atoms with Crippen molar-refractivity contribution in [2.45, 2.75) is 38.1 Å². The van der Waals surface area contributed by atoms with Gasteiger partial charge < -0.3 is 36.4 Å². The number of oxime groups is 1. The first kappa shape index (κ1) is 34.4. The Morgan fingerprint density at radius 3 is 2.54 bits per heavy atom. The van der Waals surface area contributed by atoms with E-state index >= 15 is 0 Å². The number of pyridine rings is 2. The van der Waals surface area contributed by atoms with Gasteiger partial charge in [-0.1, -0.05) is 5.16 Å². The van der Waals surface area contributed by atoms with E-state index in [-0.39, 0.29) is 16.6 Å². The van der Waals surface area contributed by atoms with E-state index in [4.69, 9.17) is 19.9 Å². The molecule has 5 heterocycles. The zero-order valence-electron chi connectivity index (χ0n) is 25.5. The predicted octanol–water partition coefficient (Wildman–Crippen LogP) is -0.536. The van der Waals surface area contributed by atoms with Crippen LogP contribution in [-0.2, 0) is 40.4 Å². The van der Waals surface area contributed by atoms with Crippen molar-refractivity contribution in [2.24, 2.45) is 11.1 Å². The predicted molar refractivity (Wildman–Crippen MR) is 167 cm³/mol. The first-order valence-corrected chi connectivity index (χ1v) is 16.5. The second-order valence-electron chi connectivity index (χ2n) is 11.3. The SMILES string of the molecule is CC1(C)[C@H](NC(=O)/C(=N\O[C@@H](COc2ccc(Nc3cc[n+](CC4CNC4)cc3)nc2)C(=O)O)c2csc(N)n2)C(=O)N1OS(=O)(=O)O. The van der Waals surface area contributed by atoms with Crippen LogP contribution < -0.4 is 31.0 Å². The molecule has 48 heavy (non-hydrogen) atoms. The van der Waals surface area contributed by atoms with Gasteiger partial charge in [-0.2, -0.15) is 13.5 Å². The van der Waals surface area contributed by atoms with Gasteiger partial charge in [0.15, 0.2) is 29.8 Å². The molecule has 2 amide bonds. The summed E-state index contributed by atoms with van der Waals surface area (Å²) in [4.78, 5) is 51.1. The number of amides is 2. The van der Waals surface area contributed by atoms with Crippen LogP contribution in [-0.4, -0.2) is 94.0 Å². The van der Waals surface area contributed by atoms with Gasteiger partial charge in [0.2, 0.25) is 0 Å². The molecule has 0 bridgehead atoms. The minimum Gasteiger partial charge on any atom is -0.487 e. The highest BCUT2D eigenvalue weighted by Crippen LogP contribution is 2.33. The average molecular weight is 707 g/mol. The fourth-order valence-corrected chi connectivity index (χ4v) is 5.58. The summed E-state index contributed by atoms with van der Waals surface area (Å²) in [6, 6.07) is 5.75. The minimum absolute atomic E-state index is 0.0550. The number of carboxylic acid groups (broad SMARTS) is 1. The van der Waals surface area contributed by atoms with Crippen molar-refractivity contribution >= 4 is 61.9 Å². The molecule has 3 aromatic rings. The van der Waals surface area contributed by atoms with Crippen LogP contribution in [0.1, 0.15) is 19.5 Å². The molecule has 2 atom stereocenters. The summed E-state index contributed by atoms with van der Waals surface area (Å²) in [5.74, 6) is -2.11. The number of nitrogens with two attached hydrogens (primary N) is 1. The molecule has 2 aliphatic heterocycles. The molecule has 0 aromatic carbocycles. The van der Waals surface area contributed by atoms with Gasteiger partial charge in [-0.05, 0) is 26.0 Å². The molecule has 19 nitrogen and oxygen atoms in total. The maximum Gasteiger partial charge on any atom is 0.418 e. The second kappa shape index (κ2) is 14.0. The maximum absolute atomic E-state index is 13.2. The number of anilines is 3. The van der Waals surface area contributed by atoms with Crippen LogP contribution in [0, 0.1) is 5.92 Å². The number of nitrogen functional groups attached to an aromatic ring is 1. The number of ether oxygens (including phenoxy) is 1. The molecule has 7 N–H and O–H groups in total. The molecule has 2 saturated heterocycles. The summed E-state index contributed by atoms with van der Waals surface area (Å²) in [7, 11) is -5.02. The molecule has 5 rings (SSSR count). The van der Waals surface area contributed by atoms with Crippen molar-refractivity contribution in [3.63, 3.8) is 0 Å². The first-order chi connectivity index (χ1) is 22.7. The van der Waals surface area contributed by atoms with Crippen molar-refractivity contribution in [3.05, 3.63) is 53.9 Å². The molecule has 2 fully saturated rings. The normalized spacial score (nSPS) is 18.3. The average Bonchev–Trinajstić information content (AvgIpc) is 3.44. The zero-order chi connectivity index (χ0) is 34.6. The molecule has 0 spiro atoms. The number of thiazole rings is 1. The third-order valence-electron chi connectivity index (χ3n) is 7.28. The Morgan fingerprint density at radius 1 is 1.27 bits per heavy atom. The van der Waals surface area contributed by atoms with Crippen molar-refractivity contribution in [2.75, 3.05) is 30.7 Å². The van der Waals surface area contributed by atoms with Crippen LogP contribution in [0.2, 0.25) is 0 Å². The number of hydroxylamine groups is 2. The number of β-lactam (4-membered cyclic amide) rings is 1. The van der Waals surface area contributed by atoms with Crippen LogP contribution in [0.25, 0.3) is 0 Å². The Balaban J connectivity index is 1.20. The van der Waals surface area contributed by atoms with Crippen LogP contribution in [0.5, 0.6) is 5.75 Å². The van der Waals surface area contributed by atoms with Crippen LogP contribution in [0.4, 0.5) is 16.6 Å². The molecular formula is C27H32N9O10S2+. The van der Waals surface area contributed by atoms with Gasteiger partial charge in [0.25, 0.3) is 17.9 Å². The van der Waals surface area contributed by atoms with Gasteiger partial charge in [0, 0.05) is 36.5 Å². The van der Waals surface area contributed by atoms with E-state index in [2.05, 4.69) is 39.9 Å². The Bertz CT molecular complexity index is 1800. The number of hydrogen-bond donors (Lipinski definition) is 6. The number of aromatic nitrogens is 3. The first-order valence-electron chi connectivity index (χ1n) is 14.3. The number of carbonyl (C=O) groups excluding carboxylic acids is 2. The monoisotopic (exact) mass is 706 g/mol. The lowest BCUT2D eigenvalue weighted by Crippen LogP contribution is -2.76. The van der Waals surface area contributed by atoms with Crippen molar-refractivity contribution in [3.8, 4) is 5.75 Å². The molecule has 2 aliphatic rings. The molecule has 0 radical (unpaired) electrons. The Hall–Kier alpha value is -4.96. The van der Waals surface area contributed by atoms with E-state index in [0.717, 1.165) is 36.7 Å². The van der Waals surface area contributed by atoms with E-state index in [9.17, 15) is 27.9 Å². The second-order valence-corrected chi connectivity index (χ2v) is 13.2. The van der Waals surface area contributed by atoms with Gasteiger partial charge in [0.05, 0.1) is 17.4 Å². The Labute approximate surface area is 277 Å². The number of aliphatic carboxylic acids is 1. The minimum atomic E-state index is -5.02. The standard InChI is InChI=1S/C27H31N9O10S2/c1-27(2)22(24(38)36(27)46-48(41,42)43)33-23(37)21(18-14-47-26(28)32-18)34-45-19(25(39)40)13-44-17-3-4-20(30-11-17)31-16-5-7-35(8-6-16)12-15-9-29-10-15/h3-8,11,14-15,19,22,29H,9-10,12-13H2,1-2H3,(H5,28,32,33,37,39,40,41,42,43)/p+1/b34-21-/t19-,22+/m0/s1. The van der Waals surface area contributed by atoms with E-state index in [1.807, 2.05) is 24.5 Å². The summed E-state index contributed by atoms with van der Waals surface area (Å²) < 4.78 is 43.1. The van der Waals surface area contributed by atoms with Gasteiger partial charge >= 0.3 is 16.4 Å². The summed E-state index contributed by atoms with van der Waals surface area (Å²) in [5, 5.41) is 24.0. The van der Waals surface area contributed by atoms with E-state index in [1.54, 1.807) is 12.1 Å². The largest absolute Gasteiger partial charge is 0.487 e. The third-order valence-corrected chi connectivity index (χ3v) is 8.30. The van der Waals surface area contributed by atoms with Gasteiger partial charge in [0.1, 0.15) is 29.9 Å². The molecule has 21 heteroatoms. The van der Waals surface area contributed by atoms with E-state index < -0.39 is 58.2 Å². The fraction of sp³-hybridized carbons (Fsp3) is 0.370. The maximum atomic E-state index is 13.2. The Morgan fingerprint density at radius 2 is 2.00 bits per heavy atom. The van der Waals surface area contributed by atoms with Gasteiger partial charge in [-0.15, -0.1) is 15.6 Å². The zero-order valence-corrected chi connectivity index (χ0v) is 27.1. The summed E-state index contributed by atoms with van der Waals surface area (Å²) in [6.07, 6.45) is 3.65. The summed E-state index contributed by atoms with van der Waals surface area (Å²) >= 11 is 0.955. The summed E-state index contributed by atoms with van der Waals surface area (Å²) in [5.41, 5.74) is 4.47. The highest BCUT2D eigenvalue weighted by Gasteiger charge is 2.58. The van der Waals surface area contributed by atoms with Gasteiger partial charge in [-0.3, -0.25) is 14.1 Å². The van der Waals surface area contributed by atoms with Crippen molar-refractivity contribution < 1.29 is 50.9 Å². The van der Waals surface area contributed by atoms with Crippen LogP contribution >= 0.6 is 11.3 Å². The van der Waals surface area contributed by atoms with Crippen LogP contribution in [0.15, 0.2) is 53.4 Å². The lowest BCUT2D eigenvalue weighted by molar-refractivity contribution is -0.703. The van der Waals surface area contributed by atoms with E-state index in [1.165, 1.54) is 25.4 Å². The lowest BCUT2D eigenvalue weighted by atomic mass is 9.84. The van der Waals surface area contributed by atoms with Crippen LogP contribution in [0.3, 0.4) is 0 Å². The quantitative estimate of drug-likeness (QED) is 0.0381. The third kappa shape index (κ3) is 8.30. The molecular weight excluding hydrogens is 674 g/mol. The molecule has 0 saturated carbocycles. The van der Waals surface area contributed by atoms with Crippen molar-refractivity contribution in [1.29, 1.82) is 0 Å². The fourth-order valence-electron chi connectivity index (χ4n) is 4.58. The number of nitrogens with one attached hydrogen (secondary N) is 3. The number of carboxylic acids is 1. The Kier molecular flexibility index (Phi) is 10.0. The van der Waals surface area contributed by atoms with Crippen molar-refractivity contribution in [1.82, 2.24) is 25.7 Å². The molecule has 0 unspecified atom stereocenters. The highest BCUT2D eigenvalue weighted by atomic mass is 32.3. The van der Waals surface area contributed by atoms with E-state index in [0.29, 0.717) is 16.8 Å². The number of carbonyl (C=O) groups is 3. The number of rotatable bonds is 15. The number of nitrogens with zero attached hydrogens (tertiary/aromatic N) is 5. The molecule has 3 aromatic heterocycles. The molecule has 0 aliphatic carbocycles.